The summed E-state index contributed by atoms with van der Waals surface area (Å²) in [6, 6.07) is 9.63. The molecule has 0 bridgehead atoms. The largest absolute Gasteiger partial charge is 0.386 e. The van der Waals surface area contributed by atoms with Gasteiger partial charge in [0.2, 0.25) is 0 Å². The molecule has 1 aromatic rings. The molecule has 1 aliphatic rings. The second-order valence-corrected chi connectivity index (χ2v) is 6.56. The van der Waals surface area contributed by atoms with Gasteiger partial charge in [0.1, 0.15) is 11.6 Å². The fraction of sp³-hybridized carbons (Fsp3) is 0.444. The fourth-order valence-corrected chi connectivity index (χ4v) is 2.88. The van der Waals surface area contributed by atoms with Crippen molar-refractivity contribution in [1.29, 1.82) is 5.26 Å². The normalized spacial score (nSPS) is 16.5. The first-order valence-corrected chi connectivity index (χ1v) is 8.43. The van der Waals surface area contributed by atoms with Crippen molar-refractivity contribution in [3.8, 4) is 6.07 Å². The van der Waals surface area contributed by atoms with Crippen molar-refractivity contribution >= 4 is 17.5 Å². The predicted molar refractivity (Wildman–Crippen MR) is 95.3 cm³/mol. The van der Waals surface area contributed by atoms with E-state index in [1.165, 1.54) is 6.20 Å². The van der Waals surface area contributed by atoms with Crippen molar-refractivity contribution in [3.63, 3.8) is 0 Å². The molecule has 128 valence electrons. The number of carbonyl (C=O) groups is 1. The molecule has 0 aromatic heterocycles. The maximum Gasteiger partial charge on any atom is 0.265 e. The number of nitrogens with zero attached hydrogens (tertiary/aromatic N) is 3. The van der Waals surface area contributed by atoms with Crippen molar-refractivity contribution in [2.75, 3.05) is 27.2 Å². The maximum absolute atomic E-state index is 12.5. The van der Waals surface area contributed by atoms with Gasteiger partial charge >= 0.3 is 0 Å². The standard InChI is InChI=1S/C18H23ClN4O/c1-22-9-7-17(8-10-22)23(2)18(24)15(11-20)13-21-12-14-3-5-16(19)6-4-14/h3-6,13,17,21H,7-10,12H2,1-2H3/b15-13-. The molecule has 0 unspecified atom stereocenters. The Labute approximate surface area is 148 Å². The van der Waals surface area contributed by atoms with E-state index in [0.29, 0.717) is 11.6 Å². The molecular formula is C18H23ClN4O. The third kappa shape index (κ3) is 4.98. The number of amides is 1. The van der Waals surface area contributed by atoms with Gasteiger partial charge in [-0.05, 0) is 50.7 Å². The lowest BCUT2D eigenvalue weighted by Gasteiger charge is -2.34. The van der Waals surface area contributed by atoms with Crippen LogP contribution in [0.15, 0.2) is 36.0 Å². The van der Waals surface area contributed by atoms with Gasteiger partial charge < -0.3 is 15.1 Å². The molecule has 1 aliphatic heterocycles. The molecule has 5 nitrogen and oxygen atoms in total. The van der Waals surface area contributed by atoms with E-state index in [4.69, 9.17) is 11.6 Å². The monoisotopic (exact) mass is 346 g/mol. The minimum absolute atomic E-state index is 0.130. The molecule has 1 fully saturated rings. The van der Waals surface area contributed by atoms with Crippen LogP contribution in [-0.2, 0) is 11.3 Å². The summed E-state index contributed by atoms with van der Waals surface area (Å²) in [6.07, 6.45) is 3.38. The number of hydrogen-bond acceptors (Lipinski definition) is 4. The summed E-state index contributed by atoms with van der Waals surface area (Å²) >= 11 is 5.85. The van der Waals surface area contributed by atoms with Crippen LogP contribution < -0.4 is 5.32 Å². The predicted octanol–water partition coefficient (Wildman–Crippen LogP) is 2.39. The number of nitrogens with one attached hydrogen (secondary N) is 1. The molecule has 0 saturated carbocycles. The van der Waals surface area contributed by atoms with E-state index in [1.807, 2.05) is 30.3 Å². The van der Waals surface area contributed by atoms with E-state index >= 15 is 0 Å². The quantitative estimate of drug-likeness (QED) is 0.657. The van der Waals surface area contributed by atoms with E-state index < -0.39 is 0 Å². The number of benzene rings is 1. The molecule has 0 spiro atoms. The van der Waals surface area contributed by atoms with Gasteiger partial charge in [-0.3, -0.25) is 4.79 Å². The summed E-state index contributed by atoms with van der Waals surface area (Å²) in [5.41, 5.74) is 1.16. The number of halogens is 1. The van der Waals surface area contributed by atoms with Gasteiger partial charge in [-0.1, -0.05) is 23.7 Å². The summed E-state index contributed by atoms with van der Waals surface area (Å²) in [5.74, 6) is -0.226. The smallest absolute Gasteiger partial charge is 0.265 e. The van der Waals surface area contributed by atoms with Gasteiger partial charge in [0.15, 0.2) is 0 Å². The summed E-state index contributed by atoms with van der Waals surface area (Å²) in [6.45, 7) is 2.49. The Bertz CT molecular complexity index is 627. The van der Waals surface area contributed by atoms with Crippen LogP contribution in [0.25, 0.3) is 0 Å². The Morgan fingerprint density at radius 2 is 2.04 bits per heavy atom. The van der Waals surface area contributed by atoms with Gasteiger partial charge in [0.05, 0.1) is 0 Å². The van der Waals surface area contributed by atoms with Crippen molar-refractivity contribution < 1.29 is 4.79 Å². The van der Waals surface area contributed by atoms with Crippen LogP contribution in [0.4, 0.5) is 0 Å². The molecular weight excluding hydrogens is 324 g/mol. The average Bonchev–Trinajstić information content (AvgIpc) is 2.60. The Hall–Kier alpha value is -2.03. The van der Waals surface area contributed by atoms with Crippen molar-refractivity contribution in [3.05, 3.63) is 46.6 Å². The highest BCUT2D eigenvalue weighted by atomic mass is 35.5. The summed E-state index contributed by atoms with van der Waals surface area (Å²) in [5, 5.41) is 13.0. The molecule has 24 heavy (non-hydrogen) atoms. The first kappa shape index (κ1) is 18.3. The molecule has 1 amide bonds. The third-order valence-electron chi connectivity index (χ3n) is 4.37. The molecule has 1 aromatic carbocycles. The molecule has 1 heterocycles. The van der Waals surface area contributed by atoms with E-state index in [-0.39, 0.29) is 17.5 Å². The van der Waals surface area contributed by atoms with Gasteiger partial charge in [-0.25, -0.2) is 0 Å². The Balaban J connectivity index is 1.92. The molecule has 1 N–H and O–H groups in total. The first-order chi connectivity index (χ1) is 11.5. The van der Waals surface area contributed by atoms with Crippen molar-refractivity contribution in [1.82, 2.24) is 15.1 Å². The van der Waals surface area contributed by atoms with E-state index in [1.54, 1.807) is 11.9 Å². The molecule has 6 heteroatoms. The van der Waals surface area contributed by atoms with Crippen LogP contribution in [0.5, 0.6) is 0 Å². The molecule has 2 rings (SSSR count). The average molecular weight is 347 g/mol. The van der Waals surface area contributed by atoms with E-state index in [0.717, 1.165) is 31.5 Å². The van der Waals surface area contributed by atoms with Crippen LogP contribution >= 0.6 is 11.6 Å². The maximum atomic E-state index is 12.5. The number of rotatable bonds is 5. The van der Waals surface area contributed by atoms with Crippen LogP contribution in [-0.4, -0.2) is 48.9 Å². The molecule has 0 radical (unpaired) electrons. The Morgan fingerprint density at radius 1 is 1.42 bits per heavy atom. The van der Waals surface area contributed by atoms with E-state index in [2.05, 4.69) is 17.3 Å². The number of nitriles is 1. The molecule has 0 aliphatic carbocycles. The minimum Gasteiger partial charge on any atom is -0.386 e. The highest BCUT2D eigenvalue weighted by Crippen LogP contribution is 2.16. The van der Waals surface area contributed by atoms with Gasteiger partial charge in [-0.15, -0.1) is 0 Å². The van der Waals surface area contributed by atoms with Crippen molar-refractivity contribution in [2.45, 2.75) is 25.4 Å². The van der Waals surface area contributed by atoms with Gasteiger partial charge in [0.25, 0.3) is 5.91 Å². The summed E-state index contributed by atoms with van der Waals surface area (Å²) in [7, 11) is 3.86. The molecule has 0 atom stereocenters. The van der Waals surface area contributed by atoms with E-state index in [9.17, 15) is 10.1 Å². The van der Waals surface area contributed by atoms with Crippen LogP contribution in [0.3, 0.4) is 0 Å². The summed E-state index contributed by atoms with van der Waals surface area (Å²) < 4.78 is 0. The second kappa shape index (κ2) is 8.72. The zero-order valence-electron chi connectivity index (χ0n) is 14.1. The van der Waals surface area contributed by atoms with Gasteiger partial charge in [-0.2, -0.15) is 5.26 Å². The van der Waals surface area contributed by atoms with Crippen LogP contribution in [0.2, 0.25) is 5.02 Å². The minimum atomic E-state index is -0.226. The third-order valence-corrected chi connectivity index (χ3v) is 4.62. The lowest BCUT2D eigenvalue weighted by atomic mass is 10.0. The lowest BCUT2D eigenvalue weighted by molar-refractivity contribution is -0.128. The number of piperidine rings is 1. The number of likely N-dealkylation sites (tertiary alicyclic amines) is 1. The van der Waals surface area contributed by atoms with Crippen molar-refractivity contribution in [2.24, 2.45) is 0 Å². The fourth-order valence-electron chi connectivity index (χ4n) is 2.75. The Kier molecular flexibility index (Phi) is 6.65. The molecule has 1 saturated heterocycles. The SMILES string of the molecule is CN1CCC(N(C)C(=O)/C(C#N)=C\NCc2ccc(Cl)cc2)CC1. The second-order valence-electron chi connectivity index (χ2n) is 6.13. The van der Waals surface area contributed by atoms with Crippen LogP contribution in [0, 0.1) is 11.3 Å². The summed E-state index contributed by atoms with van der Waals surface area (Å²) in [4.78, 5) is 16.5. The number of likely N-dealkylation sites (N-methyl/N-ethyl adjacent to an activating group) is 1. The highest BCUT2D eigenvalue weighted by molar-refractivity contribution is 6.30. The lowest BCUT2D eigenvalue weighted by Crippen LogP contribution is -2.45. The topological polar surface area (TPSA) is 59.4 Å². The zero-order chi connectivity index (χ0) is 17.5. The van der Waals surface area contributed by atoms with Gasteiger partial charge in [0, 0.05) is 30.9 Å². The van der Waals surface area contributed by atoms with Crippen LogP contribution in [0.1, 0.15) is 18.4 Å². The first-order valence-electron chi connectivity index (χ1n) is 8.05. The number of hydrogen-bond donors (Lipinski definition) is 1. The Morgan fingerprint density at radius 3 is 2.62 bits per heavy atom. The highest BCUT2D eigenvalue weighted by Gasteiger charge is 2.25. The number of carbonyl (C=O) groups excluding carboxylic acids is 1. The zero-order valence-corrected chi connectivity index (χ0v) is 14.9.